The number of aromatic carboxylic acids is 1. The summed E-state index contributed by atoms with van der Waals surface area (Å²) in [7, 11) is 3.54. The highest BCUT2D eigenvalue weighted by atomic mass is 32.1. The van der Waals surface area contributed by atoms with Crippen LogP contribution in [0.2, 0.25) is 0 Å². The highest BCUT2D eigenvalue weighted by Gasteiger charge is 2.26. The molecule has 0 saturated heterocycles. The van der Waals surface area contributed by atoms with E-state index in [2.05, 4.69) is 25.7 Å². The molecule has 5 rings (SSSR count). The summed E-state index contributed by atoms with van der Waals surface area (Å²) in [5.41, 5.74) is 3.93. The Hall–Kier alpha value is -4.19. The number of fused-ring (bicyclic) bond motifs is 1. The van der Waals surface area contributed by atoms with E-state index in [9.17, 15) is 14.7 Å². The Kier molecular flexibility index (Phi) is 5.95. The van der Waals surface area contributed by atoms with Crippen LogP contribution in [0.1, 0.15) is 39.4 Å². The molecule has 3 aromatic heterocycles. The van der Waals surface area contributed by atoms with Crippen molar-refractivity contribution in [1.82, 2.24) is 24.9 Å². The molecule has 0 radical (unpaired) electrons. The summed E-state index contributed by atoms with van der Waals surface area (Å²) in [5.74, 6) is -0.261. The number of imidazole rings is 1. The Morgan fingerprint density at radius 1 is 1.26 bits per heavy atom. The number of aromatic nitrogens is 4. The first kappa shape index (κ1) is 22.6. The minimum Gasteiger partial charge on any atom is -0.497 e. The summed E-state index contributed by atoms with van der Waals surface area (Å²) in [4.78, 5) is 34.7. The van der Waals surface area contributed by atoms with E-state index in [0.717, 1.165) is 35.5 Å². The van der Waals surface area contributed by atoms with Gasteiger partial charge in [0.1, 0.15) is 10.8 Å². The molecule has 1 aliphatic rings. The van der Waals surface area contributed by atoms with Gasteiger partial charge in [0.25, 0.3) is 5.91 Å². The molecule has 3 N–H and O–H groups in total. The molecule has 4 aromatic rings. The van der Waals surface area contributed by atoms with E-state index in [4.69, 9.17) is 4.74 Å². The van der Waals surface area contributed by atoms with E-state index >= 15 is 0 Å². The van der Waals surface area contributed by atoms with Gasteiger partial charge in [0.05, 0.1) is 24.5 Å². The van der Waals surface area contributed by atoms with Crippen molar-refractivity contribution in [2.45, 2.75) is 25.4 Å². The lowest BCUT2D eigenvalue weighted by molar-refractivity contribution is 0.0692. The molecule has 1 fully saturated rings. The third kappa shape index (κ3) is 4.73. The molecule has 0 unspecified atom stereocenters. The van der Waals surface area contributed by atoms with Gasteiger partial charge in [-0.2, -0.15) is 0 Å². The lowest BCUT2D eigenvalue weighted by atomic mass is 10.2. The number of anilines is 3. The van der Waals surface area contributed by atoms with Gasteiger partial charge in [-0.25, -0.2) is 19.3 Å². The fourth-order valence-corrected chi connectivity index (χ4v) is 4.31. The number of carboxylic acid groups (broad SMARTS) is 1. The number of thiazole rings is 1. The number of methoxy groups -OCH3 is 1. The normalized spacial score (nSPS) is 13.0. The monoisotopic (exact) mass is 493 g/mol. The number of benzene rings is 1. The summed E-state index contributed by atoms with van der Waals surface area (Å²) in [6.07, 6.45) is 3.42. The topological polar surface area (TPSA) is 134 Å². The third-order valence-corrected chi connectivity index (χ3v) is 6.34. The number of hydrogen-bond acceptors (Lipinski definition) is 9. The number of carbonyl (C=O) groups excluding carboxylic acids is 1. The van der Waals surface area contributed by atoms with Crippen molar-refractivity contribution in [1.29, 1.82) is 0 Å². The average Bonchev–Trinajstić information content (AvgIpc) is 3.36. The van der Waals surface area contributed by atoms with Gasteiger partial charge in [-0.05, 0) is 30.5 Å². The van der Waals surface area contributed by atoms with Crippen LogP contribution in [0, 0.1) is 0 Å². The van der Waals surface area contributed by atoms with E-state index < -0.39 is 5.97 Å². The van der Waals surface area contributed by atoms with Crippen LogP contribution in [0.5, 0.6) is 5.75 Å². The molecule has 0 aliphatic heterocycles. The molecule has 0 bridgehead atoms. The van der Waals surface area contributed by atoms with Gasteiger partial charge in [-0.1, -0.05) is 12.1 Å². The van der Waals surface area contributed by atoms with E-state index in [1.807, 2.05) is 36.2 Å². The number of rotatable bonds is 9. The number of ether oxygens (including phenoxy) is 1. The number of nitrogens with one attached hydrogen (secondary N) is 2. The second-order valence-corrected chi connectivity index (χ2v) is 9.06. The molecule has 180 valence electrons. The quantitative estimate of drug-likeness (QED) is 0.321. The Labute approximate surface area is 204 Å². The number of amides is 1. The molecule has 0 spiro atoms. The zero-order valence-corrected chi connectivity index (χ0v) is 19.9. The second-order valence-electron chi connectivity index (χ2n) is 8.21. The maximum Gasteiger partial charge on any atom is 0.357 e. The fourth-order valence-electron chi connectivity index (χ4n) is 3.63. The smallest absolute Gasteiger partial charge is 0.357 e. The minimum atomic E-state index is -1.14. The van der Waals surface area contributed by atoms with Crippen LogP contribution in [0.4, 0.5) is 16.5 Å². The predicted molar refractivity (Wildman–Crippen MR) is 131 cm³/mol. The maximum absolute atomic E-state index is 12.8. The summed E-state index contributed by atoms with van der Waals surface area (Å²) in [6.45, 7) is 0.556. The van der Waals surface area contributed by atoms with Crippen molar-refractivity contribution in [3.8, 4) is 5.75 Å². The lowest BCUT2D eigenvalue weighted by Gasteiger charge is -2.21. The van der Waals surface area contributed by atoms with Crippen molar-refractivity contribution in [3.63, 3.8) is 0 Å². The standard InChI is InChI=1S/C23H23N7O4S/c1-29(11-13-3-7-15(34-2)8-4-13)16-9-18(27-22-19(23(32)33)25-12-35-22)28-30-17(10-24-20(16)30)21(31)26-14-5-6-14/h3-4,7-10,12,14H,5-6,11H2,1-2H3,(H,26,31)(H,27,28)(H,32,33). The van der Waals surface area contributed by atoms with Crippen molar-refractivity contribution in [3.05, 3.63) is 59.0 Å². The van der Waals surface area contributed by atoms with E-state index in [0.29, 0.717) is 34.4 Å². The Morgan fingerprint density at radius 2 is 2.03 bits per heavy atom. The molecule has 35 heavy (non-hydrogen) atoms. The molecule has 1 aromatic carbocycles. The van der Waals surface area contributed by atoms with Gasteiger partial charge in [0.2, 0.25) is 0 Å². The molecule has 12 heteroatoms. The minimum absolute atomic E-state index is 0.0950. The molecular weight excluding hydrogens is 470 g/mol. The number of carbonyl (C=O) groups is 2. The molecule has 1 saturated carbocycles. The van der Waals surface area contributed by atoms with E-state index in [-0.39, 0.29) is 17.6 Å². The molecular formula is C23H23N7O4S. The summed E-state index contributed by atoms with van der Waals surface area (Å²) in [5, 5.41) is 20.3. The van der Waals surface area contributed by atoms with Crippen LogP contribution in [0.25, 0.3) is 5.65 Å². The highest BCUT2D eigenvalue weighted by Crippen LogP contribution is 2.30. The molecule has 1 amide bonds. The Balaban J connectivity index is 1.53. The first-order chi connectivity index (χ1) is 16.9. The van der Waals surface area contributed by atoms with Crippen molar-refractivity contribution in [2.24, 2.45) is 0 Å². The van der Waals surface area contributed by atoms with Gasteiger partial charge in [0.15, 0.2) is 22.9 Å². The lowest BCUT2D eigenvalue weighted by Crippen LogP contribution is -2.27. The fraction of sp³-hybridized carbons (Fsp3) is 0.261. The predicted octanol–water partition coefficient (Wildman–Crippen LogP) is 3.16. The van der Waals surface area contributed by atoms with Crippen LogP contribution in [-0.4, -0.2) is 56.8 Å². The maximum atomic E-state index is 12.8. The van der Waals surface area contributed by atoms with Crippen molar-refractivity contribution >= 4 is 45.4 Å². The largest absolute Gasteiger partial charge is 0.497 e. The zero-order chi connectivity index (χ0) is 24.5. The van der Waals surface area contributed by atoms with Crippen molar-refractivity contribution in [2.75, 3.05) is 24.4 Å². The van der Waals surface area contributed by atoms with E-state index in [1.165, 1.54) is 16.2 Å². The first-order valence-corrected chi connectivity index (χ1v) is 11.8. The molecule has 11 nitrogen and oxygen atoms in total. The van der Waals surface area contributed by atoms with Crippen LogP contribution >= 0.6 is 11.3 Å². The van der Waals surface area contributed by atoms with Crippen LogP contribution in [0.3, 0.4) is 0 Å². The second kappa shape index (κ2) is 9.22. The number of hydrogen-bond donors (Lipinski definition) is 3. The highest BCUT2D eigenvalue weighted by molar-refractivity contribution is 7.14. The van der Waals surface area contributed by atoms with Crippen molar-refractivity contribution < 1.29 is 19.4 Å². The van der Waals surface area contributed by atoms with Crippen LogP contribution < -0.4 is 20.3 Å². The summed E-state index contributed by atoms with van der Waals surface area (Å²) in [6, 6.07) is 9.70. The zero-order valence-electron chi connectivity index (χ0n) is 19.1. The van der Waals surface area contributed by atoms with Crippen LogP contribution in [0.15, 0.2) is 42.0 Å². The van der Waals surface area contributed by atoms with Gasteiger partial charge in [-0.3, -0.25) is 4.79 Å². The Morgan fingerprint density at radius 3 is 2.71 bits per heavy atom. The number of carboxylic acids is 1. The molecule has 0 atom stereocenters. The Bertz CT molecular complexity index is 1390. The SMILES string of the molecule is COc1ccc(CN(C)c2cc(Nc3scnc3C(=O)O)nn3c(C(=O)NC4CC4)cnc23)cc1. The van der Waals surface area contributed by atoms with Gasteiger partial charge >= 0.3 is 5.97 Å². The summed E-state index contributed by atoms with van der Waals surface area (Å²) >= 11 is 1.15. The molecule has 3 heterocycles. The number of nitrogens with zero attached hydrogens (tertiary/aromatic N) is 5. The van der Waals surface area contributed by atoms with Gasteiger partial charge in [0, 0.05) is 25.7 Å². The van der Waals surface area contributed by atoms with Gasteiger partial charge in [-0.15, -0.1) is 16.4 Å². The van der Waals surface area contributed by atoms with E-state index in [1.54, 1.807) is 13.2 Å². The molecule has 1 aliphatic carbocycles. The third-order valence-electron chi connectivity index (χ3n) is 5.60. The first-order valence-electron chi connectivity index (χ1n) is 10.9. The van der Waals surface area contributed by atoms with Gasteiger partial charge < -0.3 is 25.4 Å². The average molecular weight is 494 g/mol. The summed E-state index contributed by atoms with van der Waals surface area (Å²) < 4.78 is 6.73. The van der Waals surface area contributed by atoms with Crippen LogP contribution in [-0.2, 0) is 6.54 Å².